The molecule has 0 saturated carbocycles. The van der Waals surface area contributed by atoms with Crippen molar-refractivity contribution >= 4 is 11.7 Å². The van der Waals surface area contributed by atoms with Crippen LogP contribution in [0.15, 0.2) is 36.7 Å². The lowest BCUT2D eigenvalue weighted by Crippen LogP contribution is -2.51. The summed E-state index contributed by atoms with van der Waals surface area (Å²) < 4.78 is 5.90. The molecule has 0 spiro atoms. The van der Waals surface area contributed by atoms with Gasteiger partial charge in [-0.05, 0) is 31.2 Å². The maximum atomic E-state index is 12.7. The Morgan fingerprint density at radius 1 is 1.17 bits per heavy atom. The van der Waals surface area contributed by atoms with Gasteiger partial charge in [-0.2, -0.15) is 5.10 Å². The first kappa shape index (κ1) is 15.0. The van der Waals surface area contributed by atoms with Crippen LogP contribution in [0.3, 0.4) is 0 Å². The molecule has 2 atom stereocenters. The third-order valence-corrected chi connectivity index (χ3v) is 4.59. The number of fused-ring (bicyclic) bond motifs is 1. The van der Waals surface area contributed by atoms with Gasteiger partial charge in [-0.3, -0.25) is 9.78 Å². The van der Waals surface area contributed by atoms with Crippen LogP contribution in [0.1, 0.15) is 16.1 Å². The molecule has 1 amide bonds. The van der Waals surface area contributed by atoms with E-state index in [0.29, 0.717) is 25.3 Å². The molecule has 0 aliphatic carbocycles. The standard InChI is InChI=1S/C17H19N5O2/c1-12-2-3-16(20-19-12)22-8-9-24-15-11-21(10-14(15)22)17(23)13-4-6-18-7-5-13/h2-7,14-15H,8-11H2,1H3/t14-,15+/m1/s1. The van der Waals surface area contributed by atoms with Crippen molar-refractivity contribution in [3.05, 3.63) is 47.9 Å². The van der Waals surface area contributed by atoms with Crippen molar-refractivity contribution in [3.8, 4) is 0 Å². The molecule has 24 heavy (non-hydrogen) atoms. The average molecular weight is 325 g/mol. The number of pyridine rings is 1. The van der Waals surface area contributed by atoms with Gasteiger partial charge < -0.3 is 14.5 Å². The number of rotatable bonds is 2. The highest BCUT2D eigenvalue weighted by molar-refractivity contribution is 5.94. The third kappa shape index (κ3) is 2.71. The number of aromatic nitrogens is 3. The van der Waals surface area contributed by atoms with Gasteiger partial charge >= 0.3 is 0 Å². The average Bonchev–Trinajstić information content (AvgIpc) is 3.07. The van der Waals surface area contributed by atoms with E-state index in [9.17, 15) is 4.79 Å². The summed E-state index contributed by atoms with van der Waals surface area (Å²) in [5.41, 5.74) is 1.55. The predicted octanol–water partition coefficient (Wildman–Crippen LogP) is 0.910. The zero-order valence-electron chi connectivity index (χ0n) is 13.5. The number of morpholine rings is 1. The molecule has 0 radical (unpaired) electrons. The highest BCUT2D eigenvalue weighted by Gasteiger charge is 2.42. The number of amides is 1. The van der Waals surface area contributed by atoms with Gasteiger partial charge in [0.25, 0.3) is 5.91 Å². The van der Waals surface area contributed by atoms with Crippen LogP contribution in [0.2, 0.25) is 0 Å². The first-order chi connectivity index (χ1) is 11.7. The molecule has 0 bridgehead atoms. The van der Waals surface area contributed by atoms with Gasteiger partial charge in [-0.1, -0.05) is 0 Å². The number of likely N-dealkylation sites (tertiary alicyclic amines) is 1. The Morgan fingerprint density at radius 3 is 2.75 bits per heavy atom. The van der Waals surface area contributed by atoms with Crippen LogP contribution in [-0.2, 0) is 4.74 Å². The highest BCUT2D eigenvalue weighted by Crippen LogP contribution is 2.27. The molecule has 2 saturated heterocycles. The Hall–Kier alpha value is -2.54. The molecule has 4 heterocycles. The quantitative estimate of drug-likeness (QED) is 0.817. The SMILES string of the molecule is Cc1ccc(N2CCO[C@H]3CN(C(=O)c4ccncc4)C[C@H]32)nn1. The minimum Gasteiger partial charge on any atom is -0.372 e. The number of hydrogen-bond acceptors (Lipinski definition) is 6. The lowest BCUT2D eigenvalue weighted by atomic mass is 10.1. The van der Waals surface area contributed by atoms with Crippen LogP contribution in [0.5, 0.6) is 0 Å². The van der Waals surface area contributed by atoms with Crippen molar-refractivity contribution in [3.63, 3.8) is 0 Å². The molecule has 2 fully saturated rings. The fourth-order valence-corrected chi connectivity index (χ4v) is 3.36. The van der Waals surface area contributed by atoms with Crippen LogP contribution in [0, 0.1) is 6.92 Å². The molecular formula is C17H19N5O2. The molecule has 4 rings (SSSR count). The largest absolute Gasteiger partial charge is 0.372 e. The van der Waals surface area contributed by atoms with Crippen molar-refractivity contribution in [1.82, 2.24) is 20.1 Å². The van der Waals surface area contributed by atoms with Crippen molar-refractivity contribution in [2.75, 3.05) is 31.1 Å². The van der Waals surface area contributed by atoms with Crippen molar-refractivity contribution in [2.45, 2.75) is 19.1 Å². The highest BCUT2D eigenvalue weighted by atomic mass is 16.5. The summed E-state index contributed by atoms with van der Waals surface area (Å²) >= 11 is 0. The first-order valence-corrected chi connectivity index (χ1v) is 8.10. The number of anilines is 1. The summed E-state index contributed by atoms with van der Waals surface area (Å²) in [7, 11) is 0. The maximum absolute atomic E-state index is 12.7. The molecule has 7 heteroatoms. The Kier molecular flexibility index (Phi) is 3.86. The lowest BCUT2D eigenvalue weighted by molar-refractivity contribution is 0.0299. The Morgan fingerprint density at radius 2 is 2.00 bits per heavy atom. The zero-order valence-corrected chi connectivity index (χ0v) is 13.5. The van der Waals surface area contributed by atoms with Crippen LogP contribution in [-0.4, -0.2) is 64.4 Å². The van der Waals surface area contributed by atoms with Crippen LogP contribution >= 0.6 is 0 Å². The number of carbonyl (C=O) groups excluding carboxylic acids is 1. The normalized spacial score (nSPS) is 23.2. The van der Waals surface area contributed by atoms with Gasteiger partial charge in [0.1, 0.15) is 0 Å². The zero-order chi connectivity index (χ0) is 16.5. The molecule has 2 aliphatic heterocycles. The van der Waals surface area contributed by atoms with Gasteiger partial charge in [0.05, 0.1) is 24.4 Å². The van der Waals surface area contributed by atoms with E-state index in [1.165, 1.54) is 0 Å². The summed E-state index contributed by atoms with van der Waals surface area (Å²) in [6.45, 7) is 4.54. The van der Waals surface area contributed by atoms with Gasteiger partial charge in [0.2, 0.25) is 0 Å². The maximum Gasteiger partial charge on any atom is 0.254 e. The monoisotopic (exact) mass is 325 g/mol. The molecule has 0 aromatic carbocycles. The van der Waals surface area contributed by atoms with Crippen LogP contribution < -0.4 is 4.90 Å². The number of nitrogens with zero attached hydrogens (tertiary/aromatic N) is 5. The van der Waals surface area contributed by atoms with Crippen LogP contribution in [0.25, 0.3) is 0 Å². The fraction of sp³-hybridized carbons (Fsp3) is 0.412. The summed E-state index contributed by atoms with van der Waals surface area (Å²) in [6.07, 6.45) is 3.29. The molecule has 2 aromatic heterocycles. The second-order valence-electron chi connectivity index (χ2n) is 6.15. The van der Waals surface area contributed by atoms with Crippen molar-refractivity contribution in [2.24, 2.45) is 0 Å². The van der Waals surface area contributed by atoms with Crippen molar-refractivity contribution < 1.29 is 9.53 Å². The first-order valence-electron chi connectivity index (χ1n) is 8.10. The molecule has 2 aromatic rings. The van der Waals surface area contributed by atoms with Crippen molar-refractivity contribution in [1.29, 1.82) is 0 Å². The molecule has 2 aliphatic rings. The van der Waals surface area contributed by atoms with E-state index in [0.717, 1.165) is 18.1 Å². The van der Waals surface area contributed by atoms with Gasteiger partial charge in [0.15, 0.2) is 5.82 Å². The van der Waals surface area contributed by atoms with Crippen LogP contribution in [0.4, 0.5) is 5.82 Å². The topological polar surface area (TPSA) is 71.5 Å². The number of aryl methyl sites for hydroxylation is 1. The summed E-state index contributed by atoms with van der Waals surface area (Å²) in [5.74, 6) is 0.863. The smallest absolute Gasteiger partial charge is 0.254 e. The minimum absolute atomic E-state index is 0.00707. The predicted molar refractivity (Wildman–Crippen MR) is 87.8 cm³/mol. The van der Waals surface area contributed by atoms with E-state index in [4.69, 9.17) is 4.74 Å². The number of carbonyl (C=O) groups is 1. The Balaban J connectivity index is 1.54. The summed E-state index contributed by atoms with van der Waals surface area (Å²) in [6, 6.07) is 7.55. The molecule has 0 unspecified atom stereocenters. The Labute approximate surface area is 140 Å². The molecule has 124 valence electrons. The van der Waals surface area contributed by atoms with Gasteiger partial charge in [-0.15, -0.1) is 5.10 Å². The van der Waals surface area contributed by atoms with E-state index in [1.54, 1.807) is 24.5 Å². The second kappa shape index (κ2) is 6.16. The second-order valence-corrected chi connectivity index (χ2v) is 6.15. The van der Waals surface area contributed by atoms with E-state index in [2.05, 4.69) is 20.1 Å². The van der Waals surface area contributed by atoms with E-state index < -0.39 is 0 Å². The fourth-order valence-electron chi connectivity index (χ4n) is 3.36. The van der Waals surface area contributed by atoms with Gasteiger partial charge in [0, 0.05) is 37.6 Å². The molecule has 7 nitrogen and oxygen atoms in total. The summed E-state index contributed by atoms with van der Waals surface area (Å²) in [4.78, 5) is 20.7. The van der Waals surface area contributed by atoms with E-state index >= 15 is 0 Å². The molecular weight excluding hydrogens is 306 g/mol. The number of hydrogen-bond donors (Lipinski definition) is 0. The molecule has 0 N–H and O–H groups in total. The van der Waals surface area contributed by atoms with Gasteiger partial charge in [-0.25, -0.2) is 0 Å². The van der Waals surface area contributed by atoms with E-state index in [-0.39, 0.29) is 18.1 Å². The third-order valence-electron chi connectivity index (χ3n) is 4.59. The Bertz CT molecular complexity index is 722. The minimum atomic E-state index is 0.00707. The number of ether oxygens (including phenoxy) is 1. The lowest BCUT2D eigenvalue weighted by Gasteiger charge is -2.37. The van der Waals surface area contributed by atoms with E-state index in [1.807, 2.05) is 24.0 Å². The summed E-state index contributed by atoms with van der Waals surface area (Å²) in [5, 5.41) is 8.45.